The summed E-state index contributed by atoms with van der Waals surface area (Å²) in [4.78, 5) is 4.43. The fourth-order valence-corrected chi connectivity index (χ4v) is 2.13. The van der Waals surface area contributed by atoms with Crippen LogP contribution in [0.15, 0.2) is 37.7 Å². The summed E-state index contributed by atoms with van der Waals surface area (Å²) in [6.45, 7) is 15.9. The van der Waals surface area contributed by atoms with Gasteiger partial charge < -0.3 is 9.80 Å². The highest BCUT2D eigenvalue weighted by Crippen LogP contribution is 2.26. The van der Waals surface area contributed by atoms with E-state index in [0.29, 0.717) is 12.0 Å². The zero-order valence-corrected chi connectivity index (χ0v) is 9.95. The highest BCUT2D eigenvalue weighted by Gasteiger charge is 2.27. The molecule has 0 amide bonds. The van der Waals surface area contributed by atoms with Crippen LogP contribution in [0, 0.1) is 5.92 Å². The third kappa shape index (κ3) is 2.88. The molecular weight excluding hydrogens is 184 g/mol. The van der Waals surface area contributed by atoms with Crippen molar-refractivity contribution in [2.24, 2.45) is 5.92 Å². The predicted octanol–water partition coefficient (Wildman–Crippen LogP) is 2.47. The Labute approximate surface area is 93.6 Å². The van der Waals surface area contributed by atoms with Gasteiger partial charge in [-0.3, -0.25) is 0 Å². The van der Waals surface area contributed by atoms with Gasteiger partial charge in [-0.25, -0.2) is 0 Å². The van der Waals surface area contributed by atoms with Crippen molar-refractivity contribution >= 4 is 0 Å². The van der Waals surface area contributed by atoms with E-state index >= 15 is 0 Å². The molecule has 0 aromatic rings. The number of hydrogen-bond donors (Lipinski definition) is 0. The van der Waals surface area contributed by atoms with Crippen molar-refractivity contribution < 1.29 is 0 Å². The van der Waals surface area contributed by atoms with E-state index in [4.69, 9.17) is 0 Å². The lowest BCUT2D eigenvalue weighted by Gasteiger charge is -2.28. The third-order valence-corrected chi connectivity index (χ3v) is 3.09. The SMILES string of the molecule is C=CC1CC(C)N(C(=C)CN(C)C=C)C1. The van der Waals surface area contributed by atoms with Crippen molar-refractivity contribution in [2.45, 2.75) is 19.4 Å². The van der Waals surface area contributed by atoms with Gasteiger partial charge in [0.15, 0.2) is 0 Å². The first-order valence-corrected chi connectivity index (χ1v) is 5.48. The molecule has 2 unspecified atom stereocenters. The number of likely N-dealkylation sites (N-methyl/N-ethyl adjacent to an activating group) is 1. The van der Waals surface area contributed by atoms with Crippen molar-refractivity contribution in [1.29, 1.82) is 0 Å². The molecule has 2 atom stereocenters. The average Bonchev–Trinajstić information content (AvgIpc) is 2.59. The van der Waals surface area contributed by atoms with Gasteiger partial charge in [-0.2, -0.15) is 0 Å². The Morgan fingerprint density at radius 1 is 1.53 bits per heavy atom. The summed E-state index contributed by atoms with van der Waals surface area (Å²) in [5.74, 6) is 0.616. The van der Waals surface area contributed by atoms with E-state index in [2.05, 4.69) is 42.5 Å². The minimum Gasteiger partial charge on any atom is -0.375 e. The average molecular weight is 206 g/mol. The van der Waals surface area contributed by atoms with Crippen LogP contribution < -0.4 is 0 Å². The van der Waals surface area contributed by atoms with Crippen LogP contribution in [0.1, 0.15) is 13.3 Å². The van der Waals surface area contributed by atoms with Crippen LogP contribution in [0.4, 0.5) is 0 Å². The fourth-order valence-electron chi connectivity index (χ4n) is 2.13. The van der Waals surface area contributed by atoms with Crippen LogP contribution in [0.5, 0.6) is 0 Å². The predicted molar refractivity (Wildman–Crippen MR) is 66.4 cm³/mol. The van der Waals surface area contributed by atoms with Gasteiger partial charge in [0.1, 0.15) is 0 Å². The minimum absolute atomic E-state index is 0.582. The molecule has 1 heterocycles. The molecule has 84 valence electrons. The molecule has 0 aromatic carbocycles. The Bertz CT molecular complexity index is 257. The Hall–Kier alpha value is -1.18. The maximum Gasteiger partial charge on any atom is 0.0563 e. The first-order chi connectivity index (χ1) is 7.08. The van der Waals surface area contributed by atoms with E-state index in [-0.39, 0.29) is 0 Å². The fraction of sp³-hybridized carbons (Fsp3) is 0.538. The zero-order valence-electron chi connectivity index (χ0n) is 9.95. The molecule has 0 saturated carbocycles. The van der Waals surface area contributed by atoms with Gasteiger partial charge in [-0.15, -0.1) is 6.58 Å². The van der Waals surface area contributed by atoms with E-state index in [9.17, 15) is 0 Å². The lowest BCUT2D eigenvalue weighted by Crippen LogP contribution is -2.31. The van der Waals surface area contributed by atoms with Crippen molar-refractivity contribution in [1.82, 2.24) is 9.80 Å². The van der Waals surface area contributed by atoms with E-state index in [1.807, 2.05) is 13.2 Å². The molecule has 0 N–H and O–H groups in total. The van der Waals surface area contributed by atoms with Gasteiger partial charge in [0.25, 0.3) is 0 Å². The van der Waals surface area contributed by atoms with Gasteiger partial charge >= 0.3 is 0 Å². The minimum atomic E-state index is 0.582. The standard InChI is InChI=1S/C13H22N2/c1-6-13-8-11(3)15(10-13)12(4)9-14(5)7-2/h6-7,11,13H,1-2,4,8-10H2,3,5H3. The second-order valence-corrected chi connectivity index (χ2v) is 4.40. The normalized spacial score (nSPS) is 25.1. The Morgan fingerprint density at radius 3 is 2.67 bits per heavy atom. The van der Waals surface area contributed by atoms with Gasteiger partial charge in [0.05, 0.1) is 6.54 Å². The summed E-state index contributed by atoms with van der Waals surface area (Å²) in [5.41, 5.74) is 1.18. The summed E-state index contributed by atoms with van der Waals surface area (Å²) < 4.78 is 0. The van der Waals surface area contributed by atoms with E-state index in [1.54, 1.807) is 0 Å². The second-order valence-electron chi connectivity index (χ2n) is 4.40. The topological polar surface area (TPSA) is 6.48 Å². The molecule has 0 bridgehead atoms. The summed E-state index contributed by atoms with van der Waals surface area (Å²) in [7, 11) is 2.02. The molecule has 0 radical (unpaired) electrons. The number of rotatable bonds is 5. The highest BCUT2D eigenvalue weighted by molar-refractivity contribution is 5.05. The third-order valence-electron chi connectivity index (χ3n) is 3.09. The van der Waals surface area contributed by atoms with Crippen LogP contribution in [-0.4, -0.2) is 36.0 Å². The highest BCUT2D eigenvalue weighted by atomic mass is 15.2. The summed E-state index contributed by atoms with van der Waals surface area (Å²) in [6.07, 6.45) is 5.08. The molecule has 15 heavy (non-hydrogen) atoms. The van der Waals surface area contributed by atoms with Gasteiger partial charge in [0, 0.05) is 25.3 Å². The monoisotopic (exact) mass is 206 g/mol. The maximum atomic E-state index is 4.15. The second kappa shape index (κ2) is 5.06. The molecular formula is C13H22N2. The Balaban J connectivity index is 2.53. The Kier molecular flexibility index (Phi) is 4.01. The lowest BCUT2D eigenvalue weighted by atomic mass is 10.1. The molecule has 1 aliphatic rings. The van der Waals surface area contributed by atoms with Crippen LogP contribution in [0.2, 0.25) is 0 Å². The van der Waals surface area contributed by atoms with E-state index in [0.717, 1.165) is 13.1 Å². The molecule has 0 aromatic heterocycles. The zero-order chi connectivity index (χ0) is 11.4. The van der Waals surface area contributed by atoms with Gasteiger partial charge in [-0.1, -0.05) is 19.2 Å². The van der Waals surface area contributed by atoms with Crippen molar-refractivity contribution in [3.8, 4) is 0 Å². The molecule has 1 fully saturated rings. The molecule has 1 saturated heterocycles. The number of hydrogen-bond acceptors (Lipinski definition) is 2. The Morgan fingerprint density at radius 2 is 2.20 bits per heavy atom. The van der Waals surface area contributed by atoms with Crippen LogP contribution in [-0.2, 0) is 0 Å². The van der Waals surface area contributed by atoms with E-state index < -0.39 is 0 Å². The van der Waals surface area contributed by atoms with Crippen LogP contribution in [0.3, 0.4) is 0 Å². The van der Waals surface area contributed by atoms with Crippen molar-refractivity contribution in [3.05, 3.63) is 37.7 Å². The smallest absolute Gasteiger partial charge is 0.0563 e. The largest absolute Gasteiger partial charge is 0.375 e. The number of nitrogens with zero attached hydrogens (tertiary/aromatic N) is 2. The molecule has 2 nitrogen and oxygen atoms in total. The molecule has 2 heteroatoms. The van der Waals surface area contributed by atoms with Crippen LogP contribution in [0.25, 0.3) is 0 Å². The maximum absolute atomic E-state index is 4.15. The van der Waals surface area contributed by atoms with Crippen molar-refractivity contribution in [3.63, 3.8) is 0 Å². The van der Waals surface area contributed by atoms with Gasteiger partial charge in [0.2, 0.25) is 0 Å². The molecule has 1 rings (SSSR count). The first kappa shape index (κ1) is 11.9. The van der Waals surface area contributed by atoms with E-state index in [1.165, 1.54) is 12.1 Å². The lowest BCUT2D eigenvalue weighted by molar-refractivity contribution is 0.306. The quantitative estimate of drug-likeness (QED) is 0.638. The summed E-state index contributed by atoms with van der Waals surface area (Å²) >= 11 is 0. The number of likely N-dealkylation sites (tertiary alicyclic amines) is 1. The van der Waals surface area contributed by atoms with Crippen LogP contribution >= 0.6 is 0 Å². The summed E-state index contributed by atoms with van der Waals surface area (Å²) in [5, 5.41) is 0. The molecule has 0 spiro atoms. The molecule has 0 aliphatic carbocycles. The molecule has 1 aliphatic heterocycles. The summed E-state index contributed by atoms with van der Waals surface area (Å²) in [6, 6.07) is 0.582. The first-order valence-electron chi connectivity index (χ1n) is 5.48. The van der Waals surface area contributed by atoms with Crippen molar-refractivity contribution in [2.75, 3.05) is 20.1 Å². The van der Waals surface area contributed by atoms with Gasteiger partial charge in [-0.05, 0) is 25.5 Å².